The van der Waals surface area contributed by atoms with E-state index in [2.05, 4.69) is 54.9 Å². The number of carbonyl (C=O) groups excluding carboxylic acids is 1. The molecule has 0 amide bonds. The molecule has 5 heteroatoms. The van der Waals surface area contributed by atoms with Crippen LogP contribution >= 0.6 is 11.8 Å². The molecule has 0 saturated heterocycles. The van der Waals surface area contributed by atoms with Crippen LogP contribution in [0.2, 0.25) is 0 Å². The van der Waals surface area contributed by atoms with Gasteiger partial charge in [0.05, 0.1) is 12.3 Å². The minimum atomic E-state index is -0.125. The summed E-state index contributed by atoms with van der Waals surface area (Å²) in [6.45, 7) is 9.20. The molecule has 0 N–H and O–H groups in total. The molecule has 1 aromatic heterocycles. The van der Waals surface area contributed by atoms with E-state index in [-0.39, 0.29) is 11.4 Å². The van der Waals surface area contributed by atoms with Gasteiger partial charge in [0.15, 0.2) is 0 Å². The molecular formula is C32H44N2O2S. The third kappa shape index (κ3) is 8.34. The van der Waals surface area contributed by atoms with E-state index in [1.165, 1.54) is 66.7 Å². The van der Waals surface area contributed by atoms with Crippen molar-refractivity contribution in [2.75, 3.05) is 12.4 Å². The van der Waals surface area contributed by atoms with Crippen molar-refractivity contribution in [2.45, 2.75) is 115 Å². The molecule has 1 aliphatic heterocycles. The van der Waals surface area contributed by atoms with Crippen LogP contribution in [0.4, 0.5) is 0 Å². The number of unbranched alkanes of at least 4 members (excludes halogenated alkanes) is 4. The Morgan fingerprint density at radius 1 is 0.973 bits per heavy atom. The highest BCUT2D eigenvalue weighted by molar-refractivity contribution is 7.99. The molecule has 0 bridgehead atoms. The van der Waals surface area contributed by atoms with Gasteiger partial charge in [-0.2, -0.15) is 5.10 Å². The number of fused-ring (bicyclic) bond motifs is 1. The topological polar surface area (TPSA) is 52.1 Å². The molecule has 0 radical (unpaired) electrons. The fourth-order valence-corrected chi connectivity index (χ4v) is 6.57. The van der Waals surface area contributed by atoms with Gasteiger partial charge < -0.3 is 4.74 Å². The van der Waals surface area contributed by atoms with Crippen LogP contribution < -0.4 is 0 Å². The van der Waals surface area contributed by atoms with E-state index in [9.17, 15) is 4.79 Å². The van der Waals surface area contributed by atoms with Gasteiger partial charge in [0.25, 0.3) is 0 Å². The van der Waals surface area contributed by atoms with Gasteiger partial charge in [-0.05, 0) is 111 Å². The number of hydrogen-bond donors (Lipinski definition) is 0. The van der Waals surface area contributed by atoms with Crippen LogP contribution in [-0.2, 0) is 27.8 Å². The van der Waals surface area contributed by atoms with Gasteiger partial charge in [-0.1, -0.05) is 46.0 Å². The van der Waals surface area contributed by atoms with Gasteiger partial charge in [0, 0.05) is 16.9 Å². The maximum Gasteiger partial charge on any atom is 0.305 e. The minimum absolute atomic E-state index is 0.125. The van der Waals surface area contributed by atoms with Gasteiger partial charge in [-0.25, -0.2) is 0 Å². The van der Waals surface area contributed by atoms with Crippen LogP contribution in [0.15, 0.2) is 29.2 Å². The largest absolute Gasteiger partial charge is 0.466 e. The Balaban J connectivity index is 1.76. The SMILES string of the molecule is CCCCCCc1cc2c(cc1C#Cc1ccc(CCCCC(=O)OCC)nn1)C(CC)(CC)CCS2. The Bertz CT molecular complexity index is 1060. The predicted octanol–water partition coefficient (Wildman–Crippen LogP) is 7.83. The van der Waals surface area contributed by atoms with Gasteiger partial charge in [-0.3, -0.25) is 4.79 Å². The van der Waals surface area contributed by atoms with Crippen molar-refractivity contribution in [2.24, 2.45) is 0 Å². The number of nitrogens with zero attached hydrogens (tertiary/aromatic N) is 2. The van der Waals surface area contributed by atoms with E-state index in [0.717, 1.165) is 36.9 Å². The molecule has 37 heavy (non-hydrogen) atoms. The Hall–Kier alpha value is -2.32. The zero-order chi connectivity index (χ0) is 26.5. The van der Waals surface area contributed by atoms with Crippen LogP contribution in [0.3, 0.4) is 0 Å². The van der Waals surface area contributed by atoms with Crippen LogP contribution in [0.5, 0.6) is 0 Å². The number of esters is 1. The average Bonchev–Trinajstić information content (AvgIpc) is 2.92. The van der Waals surface area contributed by atoms with Crippen LogP contribution in [-0.4, -0.2) is 28.5 Å². The number of aromatic nitrogens is 2. The molecule has 1 aliphatic rings. The third-order valence-corrected chi connectivity index (χ3v) is 8.74. The molecule has 0 unspecified atom stereocenters. The highest BCUT2D eigenvalue weighted by atomic mass is 32.2. The summed E-state index contributed by atoms with van der Waals surface area (Å²) < 4.78 is 4.99. The first-order chi connectivity index (χ1) is 18.0. The van der Waals surface area contributed by atoms with Crippen LogP contribution in [0.25, 0.3) is 0 Å². The molecule has 0 fully saturated rings. The Morgan fingerprint density at radius 2 is 1.78 bits per heavy atom. The molecule has 2 heterocycles. The number of benzene rings is 1. The van der Waals surface area contributed by atoms with Crippen molar-refractivity contribution in [3.63, 3.8) is 0 Å². The lowest BCUT2D eigenvalue weighted by atomic mass is 9.72. The number of hydrogen-bond acceptors (Lipinski definition) is 5. The molecule has 0 saturated carbocycles. The molecule has 0 aliphatic carbocycles. The lowest BCUT2D eigenvalue weighted by molar-refractivity contribution is -0.143. The molecule has 1 aromatic carbocycles. The van der Waals surface area contributed by atoms with E-state index in [1.807, 2.05) is 30.8 Å². The van der Waals surface area contributed by atoms with Crippen molar-refractivity contribution < 1.29 is 9.53 Å². The zero-order valence-electron chi connectivity index (χ0n) is 23.3. The van der Waals surface area contributed by atoms with E-state index >= 15 is 0 Å². The Kier molecular flexibility index (Phi) is 12.0. The van der Waals surface area contributed by atoms with E-state index in [4.69, 9.17) is 4.74 Å². The number of rotatable bonds is 13. The van der Waals surface area contributed by atoms with Crippen molar-refractivity contribution in [3.05, 3.63) is 52.3 Å². The van der Waals surface area contributed by atoms with Crippen molar-refractivity contribution >= 4 is 17.7 Å². The fraction of sp³-hybridized carbons (Fsp3) is 0.594. The van der Waals surface area contributed by atoms with E-state index in [1.54, 1.807) is 0 Å². The highest BCUT2D eigenvalue weighted by Gasteiger charge is 2.34. The van der Waals surface area contributed by atoms with E-state index < -0.39 is 0 Å². The second kappa shape index (κ2) is 15.2. The molecule has 0 spiro atoms. The molecule has 200 valence electrons. The summed E-state index contributed by atoms with van der Waals surface area (Å²) in [6.07, 6.45) is 12.7. The van der Waals surface area contributed by atoms with Gasteiger partial charge >= 0.3 is 5.97 Å². The Morgan fingerprint density at radius 3 is 2.49 bits per heavy atom. The first kappa shape index (κ1) is 29.2. The van der Waals surface area contributed by atoms with Gasteiger partial charge in [-0.15, -0.1) is 16.9 Å². The second-order valence-electron chi connectivity index (χ2n) is 10.1. The van der Waals surface area contributed by atoms with Gasteiger partial charge in [0.2, 0.25) is 0 Å². The number of carbonyl (C=O) groups is 1. The summed E-state index contributed by atoms with van der Waals surface area (Å²) in [7, 11) is 0. The smallest absolute Gasteiger partial charge is 0.305 e. The summed E-state index contributed by atoms with van der Waals surface area (Å²) >= 11 is 2.02. The van der Waals surface area contributed by atoms with Crippen LogP contribution in [0.1, 0.15) is 120 Å². The quantitative estimate of drug-likeness (QED) is 0.153. The molecule has 4 nitrogen and oxygen atoms in total. The fourth-order valence-electron chi connectivity index (χ4n) is 5.20. The second-order valence-corrected chi connectivity index (χ2v) is 11.2. The molecule has 2 aromatic rings. The standard InChI is InChI=1S/C32H44N2O2S/c1-5-9-10-11-14-25-24-30-29(32(6-2,7-3)21-22-37-30)23-26(25)17-18-28-20-19-27(33-34-28)15-12-13-16-31(35)36-8-4/h19-20,23-24H,5-16,21-22H2,1-4H3. The summed E-state index contributed by atoms with van der Waals surface area (Å²) in [5, 5.41) is 8.77. The highest BCUT2D eigenvalue weighted by Crippen LogP contribution is 2.47. The third-order valence-electron chi connectivity index (χ3n) is 7.68. The normalized spacial score (nSPS) is 13.9. The van der Waals surface area contributed by atoms with Crippen molar-refractivity contribution in [1.29, 1.82) is 0 Å². The molecule has 0 atom stereocenters. The summed E-state index contributed by atoms with van der Waals surface area (Å²) in [4.78, 5) is 13.0. The summed E-state index contributed by atoms with van der Waals surface area (Å²) in [5.41, 5.74) is 5.95. The first-order valence-electron chi connectivity index (χ1n) is 14.4. The zero-order valence-corrected chi connectivity index (χ0v) is 24.1. The maximum atomic E-state index is 11.5. The first-order valence-corrected chi connectivity index (χ1v) is 15.3. The minimum Gasteiger partial charge on any atom is -0.466 e. The van der Waals surface area contributed by atoms with Gasteiger partial charge in [0.1, 0.15) is 5.69 Å². The number of thioether (sulfide) groups is 1. The van der Waals surface area contributed by atoms with Crippen LogP contribution in [0, 0.1) is 11.8 Å². The Labute approximate surface area is 228 Å². The summed E-state index contributed by atoms with van der Waals surface area (Å²) in [5.74, 6) is 7.88. The van der Waals surface area contributed by atoms with Crippen molar-refractivity contribution in [3.8, 4) is 11.8 Å². The summed E-state index contributed by atoms with van der Waals surface area (Å²) in [6, 6.07) is 8.83. The lowest BCUT2D eigenvalue weighted by Crippen LogP contribution is -2.29. The number of ether oxygens (including phenoxy) is 1. The predicted molar refractivity (Wildman–Crippen MR) is 154 cm³/mol. The average molecular weight is 521 g/mol. The lowest BCUT2D eigenvalue weighted by Gasteiger charge is -2.38. The maximum absolute atomic E-state index is 11.5. The monoisotopic (exact) mass is 520 g/mol. The van der Waals surface area contributed by atoms with E-state index in [0.29, 0.717) is 18.7 Å². The van der Waals surface area contributed by atoms with Crippen molar-refractivity contribution in [1.82, 2.24) is 10.2 Å². The molecular weight excluding hydrogens is 476 g/mol. The molecule has 3 rings (SSSR count). The number of aryl methyl sites for hydroxylation is 2.